The number of benzene rings is 2. The van der Waals surface area contributed by atoms with E-state index in [9.17, 15) is 10.1 Å². The predicted octanol–water partition coefficient (Wildman–Crippen LogP) is 4.37. The molecule has 0 radical (unpaired) electrons. The molecule has 1 amide bonds. The Bertz CT molecular complexity index is 884. The number of nitrogens with one attached hydrogen (secondary N) is 1. The third kappa shape index (κ3) is 5.13. The van der Waals surface area contributed by atoms with Crippen LogP contribution in [0.25, 0.3) is 6.08 Å². The molecule has 1 N–H and O–H groups in total. The van der Waals surface area contributed by atoms with Crippen molar-refractivity contribution in [2.45, 2.75) is 0 Å². The normalized spacial score (nSPS) is 11.5. The van der Waals surface area contributed by atoms with Gasteiger partial charge in [-0.05, 0) is 29.8 Å². The van der Waals surface area contributed by atoms with Crippen molar-refractivity contribution in [1.29, 1.82) is 5.26 Å². The molecular formula is C20H17ClN2O3. The first-order chi connectivity index (χ1) is 12.6. The van der Waals surface area contributed by atoms with Crippen molar-refractivity contribution >= 4 is 29.3 Å². The van der Waals surface area contributed by atoms with Crippen LogP contribution in [0.1, 0.15) is 5.56 Å². The molecule has 0 saturated heterocycles. The van der Waals surface area contributed by atoms with Crippen molar-refractivity contribution in [2.24, 2.45) is 0 Å². The summed E-state index contributed by atoms with van der Waals surface area (Å²) >= 11 is 6.14. The summed E-state index contributed by atoms with van der Waals surface area (Å²) in [5.74, 6) is 0.435. The van der Waals surface area contributed by atoms with Crippen LogP contribution in [0, 0.1) is 11.3 Å². The maximum atomic E-state index is 12.3. The molecule has 0 aliphatic carbocycles. The molecule has 2 rings (SSSR count). The number of carbonyl (C=O) groups is 1. The molecule has 132 valence electrons. The standard InChI is InChI=1S/C20H17ClN2O3/c1-25-18-9-8-17(12-19(18)26-2)23-20(24)15(13-22)11-16(21)10-14-6-4-3-5-7-14/h3-12H,1-2H3,(H,23,24)/b15-11-,16-10-. The number of methoxy groups -OCH3 is 2. The highest BCUT2D eigenvalue weighted by Gasteiger charge is 2.12. The Balaban J connectivity index is 2.18. The number of nitriles is 1. The molecule has 0 unspecified atom stereocenters. The van der Waals surface area contributed by atoms with Crippen molar-refractivity contribution in [2.75, 3.05) is 19.5 Å². The SMILES string of the molecule is COc1ccc(NC(=O)/C(C#N)=C\C(Cl)=C\c2ccccc2)cc1OC. The second-order valence-corrected chi connectivity index (χ2v) is 5.57. The van der Waals surface area contributed by atoms with E-state index in [4.69, 9.17) is 21.1 Å². The fourth-order valence-corrected chi connectivity index (χ4v) is 2.38. The largest absolute Gasteiger partial charge is 0.493 e. The van der Waals surface area contributed by atoms with Crippen LogP contribution >= 0.6 is 11.6 Å². The average molecular weight is 369 g/mol. The van der Waals surface area contributed by atoms with E-state index in [1.54, 1.807) is 24.3 Å². The highest BCUT2D eigenvalue weighted by atomic mass is 35.5. The van der Waals surface area contributed by atoms with Gasteiger partial charge in [0.1, 0.15) is 11.6 Å². The Morgan fingerprint density at radius 1 is 1.12 bits per heavy atom. The van der Waals surface area contributed by atoms with Crippen LogP contribution in [0.3, 0.4) is 0 Å². The zero-order valence-corrected chi connectivity index (χ0v) is 15.1. The molecule has 0 spiro atoms. The van der Waals surface area contributed by atoms with E-state index in [1.165, 1.54) is 20.3 Å². The summed E-state index contributed by atoms with van der Waals surface area (Å²) < 4.78 is 10.3. The van der Waals surface area contributed by atoms with Crippen LogP contribution in [0.4, 0.5) is 5.69 Å². The summed E-state index contributed by atoms with van der Waals surface area (Å²) in [6.45, 7) is 0. The molecular weight excluding hydrogens is 352 g/mol. The third-order valence-electron chi connectivity index (χ3n) is 3.39. The van der Waals surface area contributed by atoms with Gasteiger partial charge in [0, 0.05) is 16.8 Å². The molecule has 26 heavy (non-hydrogen) atoms. The molecule has 2 aromatic carbocycles. The topological polar surface area (TPSA) is 71.3 Å². The van der Waals surface area contributed by atoms with Crippen LogP contribution in [-0.4, -0.2) is 20.1 Å². The highest BCUT2D eigenvalue weighted by Crippen LogP contribution is 2.29. The van der Waals surface area contributed by atoms with Crippen LogP contribution in [0.2, 0.25) is 0 Å². The van der Waals surface area contributed by atoms with Crippen LogP contribution in [-0.2, 0) is 4.79 Å². The minimum atomic E-state index is -0.570. The monoisotopic (exact) mass is 368 g/mol. The summed E-state index contributed by atoms with van der Waals surface area (Å²) in [6.07, 6.45) is 2.99. The lowest BCUT2D eigenvalue weighted by molar-refractivity contribution is -0.112. The molecule has 5 nitrogen and oxygen atoms in total. The fourth-order valence-electron chi connectivity index (χ4n) is 2.15. The first-order valence-electron chi connectivity index (χ1n) is 7.64. The highest BCUT2D eigenvalue weighted by molar-refractivity contribution is 6.33. The number of rotatable bonds is 6. The number of hydrogen-bond acceptors (Lipinski definition) is 4. The Morgan fingerprint density at radius 3 is 2.42 bits per heavy atom. The first kappa shape index (κ1) is 19.1. The van der Waals surface area contributed by atoms with E-state index < -0.39 is 5.91 Å². The molecule has 0 aliphatic heterocycles. The number of ether oxygens (including phenoxy) is 2. The second-order valence-electron chi connectivity index (χ2n) is 5.13. The maximum absolute atomic E-state index is 12.3. The van der Waals surface area contributed by atoms with Gasteiger partial charge in [-0.1, -0.05) is 41.9 Å². The number of amides is 1. The van der Waals surface area contributed by atoms with Gasteiger partial charge in [0.15, 0.2) is 11.5 Å². The lowest BCUT2D eigenvalue weighted by Crippen LogP contribution is -2.13. The molecule has 6 heteroatoms. The van der Waals surface area contributed by atoms with Gasteiger partial charge in [0.25, 0.3) is 5.91 Å². The van der Waals surface area contributed by atoms with Gasteiger partial charge in [0.05, 0.1) is 14.2 Å². The molecule has 0 atom stereocenters. The van der Waals surface area contributed by atoms with Gasteiger partial charge in [-0.25, -0.2) is 0 Å². The molecule has 2 aromatic rings. The molecule has 0 aliphatic rings. The lowest BCUT2D eigenvalue weighted by Gasteiger charge is -2.10. The molecule has 0 bridgehead atoms. The predicted molar refractivity (Wildman–Crippen MR) is 102 cm³/mol. The number of carbonyl (C=O) groups excluding carboxylic acids is 1. The van der Waals surface area contributed by atoms with Gasteiger partial charge >= 0.3 is 0 Å². The Morgan fingerprint density at radius 2 is 1.81 bits per heavy atom. The number of nitrogens with zero attached hydrogens (tertiary/aromatic N) is 1. The van der Waals surface area contributed by atoms with Crippen LogP contribution in [0.5, 0.6) is 11.5 Å². The van der Waals surface area contributed by atoms with E-state index in [2.05, 4.69) is 5.32 Å². The van der Waals surface area contributed by atoms with Crippen molar-refractivity contribution < 1.29 is 14.3 Å². The summed E-state index contributed by atoms with van der Waals surface area (Å²) in [7, 11) is 3.02. The minimum Gasteiger partial charge on any atom is -0.493 e. The number of halogens is 1. The zero-order chi connectivity index (χ0) is 18.9. The van der Waals surface area contributed by atoms with Gasteiger partial charge in [-0.3, -0.25) is 4.79 Å². The lowest BCUT2D eigenvalue weighted by atomic mass is 10.2. The van der Waals surface area contributed by atoms with Crippen LogP contribution < -0.4 is 14.8 Å². The summed E-state index contributed by atoms with van der Waals surface area (Å²) in [5.41, 5.74) is 1.22. The Hall–Kier alpha value is -3.23. The molecule has 0 fully saturated rings. The fraction of sp³-hybridized carbons (Fsp3) is 0.100. The molecule has 0 heterocycles. The van der Waals surface area contributed by atoms with Gasteiger partial charge in [0.2, 0.25) is 0 Å². The Labute approximate surface area is 157 Å². The van der Waals surface area contributed by atoms with E-state index in [0.717, 1.165) is 5.56 Å². The van der Waals surface area contributed by atoms with Gasteiger partial charge < -0.3 is 14.8 Å². The number of allylic oxidation sites excluding steroid dienone is 2. The van der Waals surface area contributed by atoms with E-state index in [0.29, 0.717) is 17.2 Å². The van der Waals surface area contributed by atoms with E-state index in [-0.39, 0.29) is 10.6 Å². The Kier molecular flexibility index (Phi) is 6.84. The van der Waals surface area contributed by atoms with E-state index in [1.807, 2.05) is 36.4 Å². The average Bonchev–Trinajstić information content (AvgIpc) is 2.66. The number of anilines is 1. The van der Waals surface area contributed by atoms with Crippen molar-refractivity contribution in [1.82, 2.24) is 0 Å². The van der Waals surface area contributed by atoms with E-state index >= 15 is 0 Å². The molecule has 0 saturated carbocycles. The smallest absolute Gasteiger partial charge is 0.266 e. The summed E-state index contributed by atoms with van der Waals surface area (Å²) in [6, 6.07) is 16.1. The molecule has 0 aromatic heterocycles. The third-order valence-corrected chi connectivity index (χ3v) is 3.61. The van der Waals surface area contributed by atoms with Gasteiger partial charge in [-0.15, -0.1) is 0 Å². The second kappa shape index (κ2) is 9.30. The quantitative estimate of drug-likeness (QED) is 0.467. The van der Waals surface area contributed by atoms with Crippen LogP contribution in [0.15, 0.2) is 65.2 Å². The minimum absolute atomic E-state index is 0.114. The van der Waals surface area contributed by atoms with Crippen molar-refractivity contribution in [3.63, 3.8) is 0 Å². The maximum Gasteiger partial charge on any atom is 0.266 e. The number of hydrogen-bond donors (Lipinski definition) is 1. The summed E-state index contributed by atoms with van der Waals surface area (Å²) in [4.78, 5) is 12.3. The van der Waals surface area contributed by atoms with Gasteiger partial charge in [-0.2, -0.15) is 5.26 Å². The first-order valence-corrected chi connectivity index (χ1v) is 8.02. The summed E-state index contributed by atoms with van der Waals surface area (Å²) in [5, 5.41) is 12.2. The van der Waals surface area contributed by atoms with Crippen molar-refractivity contribution in [3.8, 4) is 17.6 Å². The van der Waals surface area contributed by atoms with Crippen molar-refractivity contribution in [3.05, 3.63) is 70.8 Å². The zero-order valence-electron chi connectivity index (χ0n) is 14.3.